The molecule has 162 valence electrons. The van der Waals surface area contributed by atoms with Crippen LogP contribution in [0.25, 0.3) is 21.8 Å². The van der Waals surface area contributed by atoms with Crippen molar-refractivity contribution in [3.8, 4) is 0 Å². The summed E-state index contributed by atoms with van der Waals surface area (Å²) in [7, 11) is 1.96. The first kappa shape index (κ1) is 20.1. The number of nitrogen functional groups attached to an aromatic ring is 1. The number of hydrogen-bond donors (Lipinski definition) is 5. The van der Waals surface area contributed by atoms with Crippen LogP contribution in [-0.4, -0.2) is 33.5 Å². The lowest BCUT2D eigenvalue weighted by Gasteiger charge is -2.09. The second kappa shape index (κ2) is 8.72. The molecule has 0 atom stereocenters. The molecule has 32 heavy (non-hydrogen) atoms. The van der Waals surface area contributed by atoms with Gasteiger partial charge < -0.3 is 26.3 Å². The summed E-state index contributed by atoms with van der Waals surface area (Å²) < 4.78 is 0. The van der Waals surface area contributed by atoms with E-state index in [0.717, 1.165) is 36.1 Å². The highest BCUT2D eigenvalue weighted by molar-refractivity contribution is 5.84. The second-order valence-electron chi connectivity index (χ2n) is 8.08. The van der Waals surface area contributed by atoms with Crippen molar-refractivity contribution >= 4 is 33.6 Å². The van der Waals surface area contributed by atoms with Crippen molar-refractivity contribution in [3.63, 3.8) is 0 Å². The Balaban J connectivity index is 1.23. The number of rotatable bonds is 8. The molecule has 7 nitrogen and oxygen atoms in total. The van der Waals surface area contributed by atoms with E-state index >= 15 is 0 Å². The molecule has 0 saturated carbocycles. The van der Waals surface area contributed by atoms with Gasteiger partial charge in [-0.1, -0.05) is 12.1 Å². The zero-order valence-corrected chi connectivity index (χ0v) is 18.1. The van der Waals surface area contributed by atoms with Crippen LogP contribution in [-0.2, 0) is 19.4 Å². The number of H-pyrrole nitrogens is 2. The fraction of sp³-hybridized carbons (Fsp3) is 0.200. The van der Waals surface area contributed by atoms with Gasteiger partial charge in [-0.2, -0.15) is 4.98 Å². The minimum atomic E-state index is 0.514. The molecule has 0 aliphatic heterocycles. The van der Waals surface area contributed by atoms with Gasteiger partial charge in [0.2, 0.25) is 5.95 Å². The molecular formula is C25H27N7. The van der Waals surface area contributed by atoms with Crippen LogP contribution in [0.1, 0.15) is 22.3 Å². The number of nitrogens with two attached hydrogens (primary N) is 1. The Morgan fingerprint density at radius 1 is 0.969 bits per heavy atom. The van der Waals surface area contributed by atoms with Crippen LogP contribution >= 0.6 is 0 Å². The Morgan fingerprint density at radius 2 is 1.84 bits per heavy atom. The zero-order valence-electron chi connectivity index (χ0n) is 18.1. The Labute approximate surface area is 186 Å². The maximum atomic E-state index is 6.24. The van der Waals surface area contributed by atoms with Gasteiger partial charge in [-0.3, -0.25) is 0 Å². The van der Waals surface area contributed by atoms with E-state index in [0.29, 0.717) is 18.2 Å². The van der Waals surface area contributed by atoms with Gasteiger partial charge in [0.05, 0.1) is 0 Å². The smallest absolute Gasteiger partial charge is 0.224 e. The average Bonchev–Trinajstić information content (AvgIpc) is 3.42. The molecule has 0 amide bonds. The van der Waals surface area contributed by atoms with Crippen LogP contribution in [0.5, 0.6) is 0 Å². The van der Waals surface area contributed by atoms with Crippen molar-refractivity contribution in [1.29, 1.82) is 0 Å². The number of benzene rings is 2. The molecule has 2 aromatic carbocycles. The van der Waals surface area contributed by atoms with E-state index in [4.69, 9.17) is 5.73 Å². The molecule has 3 heterocycles. The van der Waals surface area contributed by atoms with Crippen LogP contribution in [0.15, 0.2) is 61.1 Å². The predicted octanol–water partition coefficient (Wildman–Crippen LogP) is 3.99. The first-order valence-electron chi connectivity index (χ1n) is 10.8. The maximum absolute atomic E-state index is 6.24. The number of aromatic amines is 2. The van der Waals surface area contributed by atoms with Gasteiger partial charge in [0.25, 0.3) is 0 Å². The molecule has 0 unspecified atom stereocenters. The molecule has 0 fully saturated rings. The highest BCUT2D eigenvalue weighted by Gasteiger charge is 2.08. The van der Waals surface area contributed by atoms with E-state index in [1.54, 1.807) is 0 Å². The SMILES string of the molecule is CNCc1ccc2[nH]cc(CCNc3ncc(Cc4ccc5[nH]ccc5c4)c(N)n3)c2c1. The Bertz CT molecular complexity index is 1370. The summed E-state index contributed by atoms with van der Waals surface area (Å²) in [5, 5.41) is 8.96. The van der Waals surface area contributed by atoms with Gasteiger partial charge in [0.15, 0.2) is 0 Å². The molecule has 0 aliphatic carbocycles. The largest absolute Gasteiger partial charge is 0.383 e. The van der Waals surface area contributed by atoms with Gasteiger partial charge in [-0.25, -0.2) is 4.98 Å². The molecule has 0 spiro atoms. The Morgan fingerprint density at radius 3 is 2.72 bits per heavy atom. The van der Waals surface area contributed by atoms with Crippen molar-refractivity contribution in [1.82, 2.24) is 25.3 Å². The third-order valence-electron chi connectivity index (χ3n) is 5.80. The maximum Gasteiger partial charge on any atom is 0.224 e. The topological polar surface area (TPSA) is 107 Å². The summed E-state index contributed by atoms with van der Waals surface area (Å²) >= 11 is 0. The summed E-state index contributed by atoms with van der Waals surface area (Å²) in [5.41, 5.74) is 13.2. The van der Waals surface area contributed by atoms with E-state index in [2.05, 4.69) is 79.2 Å². The number of anilines is 2. The monoisotopic (exact) mass is 425 g/mol. The van der Waals surface area contributed by atoms with Crippen molar-refractivity contribution in [2.45, 2.75) is 19.4 Å². The van der Waals surface area contributed by atoms with Crippen LogP contribution in [0.4, 0.5) is 11.8 Å². The van der Waals surface area contributed by atoms with Gasteiger partial charge in [-0.05, 0) is 65.9 Å². The zero-order chi connectivity index (χ0) is 21.9. The van der Waals surface area contributed by atoms with Crippen molar-refractivity contribution in [3.05, 3.63) is 83.3 Å². The predicted molar refractivity (Wildman–Crippen MR) is 131 cm³/mol. The number of fused-ring (bicyclic) bond motifs is 2. The summed E-state index contributed by atoms with van der Waals surface area (Å²) in [4.78, 5) is 15.5. The Hall–Kier alpha value is -3.84. The van der Waals surface area contributed by atoms with E-state index < -0.39 is 0 Å². The number of hydrogen-bond acceptors (Lipinski definition) is 5. The minimum absolute atomic E-state index is 0.514. The quantitative estimate of drug-likeness (QED) is 0.258. The second-order valence-corrected chi connectivity index (χ2v) is 8.08. The van der Waals surface area contributed by atoms with E-state index in [1.807, 2.05) is 19.4 Å². The molecule has 0 aliphatic rings. The highest BCUT2D eigenvalue weighted by atomic mass is 15.1. The molecule has 0 bridgehead atoms. The lowest BCUT2D eigenvalue weighted by atomic mass is 10.1. The third kappa shape index (κ3) is 4.15. The first-order chi connectivity index (χ1) is 15.7. The normalized spacial score (nSPS) is 11.4. The van der Waals surface area contributed by atoms with Crippen molar-refractivity contribution < 1.29 is 0 Å². The molecule has 7 heteroatoms. The molecule has 0 radical (unpaired) electrons. The summed E-state index contributed by atoms with van der Waals surface area (Å²) in [5.74, 6) is 1.07. The van der Waals surface area contributed by atoms with Crippen LogP contribution in [0.2, 0.25) is 0 Å². The lowest BCUT2D eigenvalue weighted by molar-refractivity contribution is 0.819. The number of aromatic nitrogens is 4. The Kier molecular flexibility index (Phi) is 5.47. The standard InChI is InChI=1S/C25H27N7/c1-27-13-17-3-5-23-21(12-17)19(14-30-23)7-9-29-25-31-15-20(24(26)32-25)11-16-2-4-22-18(10-16)6-8-28-22/h2-6,8,10,12,14-15,27-28,30H,7,9,11,13H2,1H3,(H3,26,29,31,32). The average molecular weight is 426 g/mol. The summed E-state index contributed by atoms with van der Waals surface area (Å²) in [6.07, 6.45) is 7.42. The van der Waals surface area contributed by atoms with Crippen molar-refractivity contribution in [2.75, 3.05) is 24.6 Å². The summed E-state index contributed by atoms with van der Waals surface area (Å²) in [6, 6.07) is 15.0. The van der Waals surface area contributed by atoms with Crippen LogP contribution < -0.4 is 16.4 Å². The van der Waals surface area contributed by atoms with Crippen LogP contribution in [0, 0.1) is 0 Å². The van der Waals surface area contributed by atoms with E-state index in [1.165, 1.54) is 27.5 Å². The van der Waals surface area contributed by atoms with Gasteiger partial charge >= 0.3 is 0 Å². The molecule has 3 aromatic heterocycles. The fourth-order valence-electron chi connectivity index (χ4n) is 4.13. The highest BCUT2D eigenvalue weighted by Crippen LogP contribution is 2.22. The van der Waals surface area contributed by atoms with E-state index in [-0.39, 0.29) is 0 Å². The van der Waals surface area contributed by atoms with E-state index in [9.17, 15) is 0 Å². The summed E-state index contributed by atoms with van der Waals surface area (Å²) in [6.45, 7) is 1.59. The first-order valence-corrected chi connectivity index (χ1v) is 10.8. The van der Waals surface area contributed by atoms with Gasteiger partial charge in [0.1, 0.15) is 5.82 Å². The fourth-order valence-corrected chi connectivity index (χ4v) is 4.13. The number of nitrogens with zero attached hydrogens (tertiary/aromatic N) is 2. The molecular weight excluding hydrogens is 398 g/mol. The third-order valence-corrected chi connectivity index (χ3v) is 5.80. The van der Waals surface area contributed by atoms with Gasteiger partial charge in [0, 0.05) is 60.1 Å². The van der Waals surface area contributed by atoms with Crippen molar-refractivity contribution in [2.24, 2.45) is 0 Å². The minimum Gasteiger partial charge on any atom is -0.383 e. The number of nitrogens with one attached hydrogen (secondary N) is 4. The molecule has 5 aromatic rings. The molecule has 0 saturated heterocycles. The molecule has 6 N–H and O–H groups in total. The van der Waals surface area contributed by atoms with Gasteiger partial charge in [-0.15, -0.1) is 0 Å². The molecule has 5 rings (SSSR count). The van der Waals surface area contributed by atoms with Crippen LogP contribution in [0.3, 0.4) is 0 Å². The lowest BCUT2D eigenvalue weighted by Crippen LogP contribution is -2.10.